The SMILES string of the molecule is Cc1nc2ccc(-c3ccnc(N)c3)nc2n1-c1ccc(N2CCN(CCOCCOCCOCCC(=O)NC(C=O)C(C)(C)C)CC2)c(F)c1. The number of anilines is 2. The summed E-state index contributed by atoms with van der Waals surface area (Å²) in [5.41, 5.74) is 9.73. The van der Waals surface area contributed by atoms with Gasteiger partial charge in [0.1, 0.15) is 29.3 Å². The molecule has 1 aliphatic heterocycles. The van der Waals surface area contributed by atoms with Crippen LogP contribution in [0.1, 0.15) is 33.0 Å². The van der Waals surface area contributed by atoms with Gasteiger partial charge < -0.3 is 35.0 Å². The van der Waals surface area contributed by atoms with Gasteiger partial charge in [-0.15, -0.1) is 0 Å². The van der Waals surface area contributed by atoms with Crippen LogP contribution < -0.4 is 16.0 Å². The highest BCUT2D eigenvalue weighted by molar-refractivity contribution is 5.80. The number of imidazole rings is 1. The van der Waals surface area contributed by atoms with E-state index in [1.54, 1.807) is 18.3 Å². The lowest BCUT2D eigenvalue weighted by Crippen LogP contribution is -2.47. The molecule has 1 unspecified atom stereocenters. The fraction of sp³-hybridized carbons (Fsp3) is 0.486. The molecule has 1 fully saturated rings. The summed E-state index contributed by atoms with van der Waals surface area (Å²) in [6.45, 7) is 14.0. The number of hydrogen-bond donors (Lipinski definition) is 2. The number of halogens is 1. The van der Waals surface area contributed by atoms with Crippen molar-refractivity contribution in [2.45, 2.75) is 40.2 Å². The Hall–Kier alpha value is -4.50. The number of nitrogen functional groups attached to an aromatic ring is 1. The van der Waals surface area contributed by atoms with Crippen molar-refractivity contribution in [3.8, 4) is 16.9 Å². The van der Waals surface area contributed by atoms with Crippen LogP contribution in [0.5, 0.6) is 0 Å². The van der Waals surface area contributed by atoms with Crippen LogP contribution in [0.4, 0.5) is 15.9 Å². The predicted molar refractivity (Wildman–Crippen MR) is 194 cm³/mol. The molecule has 274 valence electrons. The third kappa shape index (κ3) is 10.3. The second-order valence-corrected chi connectivity index (χ2v) is 13.6. The first-order valence-corrected chi connectivity index (χ1v) is 17.4. The maximum Gasteiger partial charge on any atom is 0.222 e. The first kappa shape index (κ1) is 37.7. The molecule has 1 aliphatic rings. The number of nitrogens with one attached hydrogen (secondary N) is 1. The fourth-order valence-corrected chi connectivity index (χ4v) is 5.85. The van der Waals surface area contributed by atoms with Gasteiger partial charge in [0.05, 0.1) is 62.8 Å². The number of carbonyl (C=O) groups is 2. The molecule has 1 atom stereocenters. The van der Waals surface area contributed by atoms with Gasteiger partial charge in [0.15, 0.2) is 5.65 Å². The number of aryl methyl sites for hydroxylation is 1. The number of hydrogen-bond acceptors (Lipinski definition) is 11. The Balaban J connectivity index is 0.988. The summed E-state index contributed by atoms with van der Waals surface area (Å²) in [5, 5.41) is 2.73. The predicted octanol–water partition coefficient (Wildman–Crippen LogP) is 3.80. The van der Waals surface area contributed by atoms with Gasteiger partial charge in [0.25, 0.3) is 0 Å². The lowest BCUT2D eigenvalue weighted by atomic mass is 9.87. The molecule has 1 aromatic carbocycles. The van der Waals surface area contributed by atoms with Gasteiger partial charge >= 0.3 is 0 Å². The summed E-state index contributed by atoms with van der Waals surface area (Å²) >= 11 is 0. The van der Waals surface area contributed by atoms with E-state index in [0.717, 1.165) is 42.7 Å². The van der Waals surface area contributed by atoms with Crippen molar-refractivity contribution in [3.63, 3.8) is 0 Å². The smallest absolute Gasteiger partial charge is 0.222 e. The van der Waals surface area contributed by atoms with Gasteiger partial charge in [0.2, 0.25) is 5.91 Å². The number of piperazine rings is 1. The van der Waals surface area contributed by atoms with Crippen LogP contribution in [0.25, 0.3) is 28.1 Å². The van der Waals surface area contributed by atoms with Crippen molar-refractivity contribution in [1.82, 2.24) is 29.7 Å². The Morgan fingerprint density at radius 3 is 2.33 bits per heavy atom. The molecular weight excluding hydrogens is 655 g/mol. The van der Waals surface area contributed by atoms with E-state index in [2.05, 4.69) is 25.1 Å². The summed E-state index contributed by atoms with van der Waals surface area (Å²) in [4.78, 5) is 41.2. The largest absolute Gasteiger partial charge is 0.384 e. The quantitative estimate of drug-likeness (QED) is 0.122. The summed E-state index contributed by atoms with van der Waals surface area (Å²) in [6.07, 6.45) is 2.60. The molecule has 13 nitrogen and oxygen atoms in total. The van der Waals surface area contributed by atoms with Crippen LogP contribution in [0, 0.1) is 18.2 Å². The number of aldehydes is 1. The Morgan fingerprint density at radius 2 is 1.67 bits per heavy atom. The summed E-state index contributed by atoms with van der Waals surface area (Å²) in [6, 6.07) is 12.2. The summed E-state index contributed by atoms with van der Waals surface area (Å²) in [5.74, 6) is 0.629. The van der Waals surface area contributed by atoms with Crippen LogP contribution in [0.2, 0.25) is 0 Å². The van der Waals surface area contributed by atoms with E-state index < -0.39 is 6.04 Å². The molecule has 1 amide bonds. The van der Waals surface area contributed by atoms with Crippen LogP contribution in [0.15, 0.2) is 48.7 Å². The third-order valence-electron chi connectivity index (χ3n) is 8.81. The molecule has 4 heterocycles. The van der Waals surface area contributed by atoms with E-state index in [1.165, 1.54) is 0 Å². The topological polar surface area (TPSA) is 150 Å². The zero-order chi connectivity index (χ0) is 36.4. The van der Waals surface area contributed by atoms with Gasteiger partial charge in [-0.1, -0.05) is 20.8 Å². The highest BCUT2D eigenvalue weighted by Crippen LogP contribution is 2.28. The zero-order valence-corrected chi connectivity index (χ0v) is 29.9. The number of amides is 1. The average Bonchev–Trinajstić information content (AvgIpc) is 3.44. The molecule has 51 heavy (non-hydrogen) atoms. The lowest BCUT2D eigenvalue weighted by Gasteiger charge is -2.36. The number of nitrogens with zero attached hydrogens (tertiary/aromatic N) is 6. The number of nitrogens with two attached hydrogens (primary N) is 1. The Morgan fingerprint density at radius 1 is 0.961 bits per heavy atom. The number of pyridine rings is 2. The normalized spacial score (nSPS) is 14.6. The standard InChI is InChI=1S/C37H49FN8O5/c1-26-41-31-7-6-30(27-9-11-40-34(39)23-27)42-36(31)46(26)28-5-8-32(29(38)24-28)45-14-12-44(13-15-45)16-18-50-20-22-51-21-19-49-17-10-35(48)43-33(25-47)37(2,3)4/h5-9,11,23-25,33H,10,12-22H2,1-4H3,(H2,39,40)(H,43,48). The Bertz CT molecular complexity index is 1770. The zero-order valence-electron chi connectivity index (χ0n) is 29.9. The molecule has 4 aromatic rings. The van der Waals surface area contributed by atoms with Gasteiger partial charge in [-0.25, -0.2) is 19.3 Å². The number of fused-ring (bicyclic) bond motifs is 1. The van der Waals surface area contributed by atoms with Crippen LogP contribution >= 0.6 is 0 Å². The van der Waals surface area contributed by atoms with Crippen LogP contribution in [-0.4, -0.2) is 115 Å². The summed E-state index contributed by atoms with van der Waals surface area (Å²) < 4.78 is 34.2. The molecule has 14 heteroatoms. The summed E-state index contributed by atoms with van der Waals surface area (Å²) in [7, 11) is 0. The van der Waals surface area contributed by atoms with Crippen LogP contribution in [-0.2, 0) is 23.8 Å². The monoisotopic (exact) mass is 704 g/mol. The molecule has 3 N–H and O–H groups in total. The van der Waals surface area contributed by atoms with E-state index in [4.69, 9.17) is 24.9 Å². The Labute approximate surface area is 298 Å². The number of rotatable bonds is 17. The minimum atomic E-state index is -0.527. The van der Waals surface area contributed by atoms with Crippen molar-refractivity contribution in [2.75, 3.05) is 83.0 Å². The first-order chi connectivity index (χ1) is 24.5. The molecular formula is C37H49FN8O5. The highest BCUT2D eigenvalue weighted by Gasteiger charge is 2.25. The van der Waals surface area contributed by atoms with E-state index in [1.807, 2.05) is 62.6 Å². The molecule has 3 aromatic heterocycles. The van der Waals surface area contributed by atoms with Crippen molar-refractivity contribution in [3.05, 3.63) is 60.3 Å². The van der Waals surface area contributed by atoms with Gasteiger partial charge in [0, 0.05) is 57.0 Å². The van der Waals surface area contributed by atoms with Crippen molar-refractivity contribution in [1.29, 1.82) is 0 Å². The maximum atomic E-state index is 15.6. The van der Waals surface area contributed by atoms with Crippen molar-refractivity contribution >= 4 is 34.9 Å². The number of benzene rings is 1. The van der Waals surface area contributed by atoms with Gasteiger partial charge in [-0.05, 0) is 48.7 Å². The second-order valence-electron chi connectivity index (χ2n) is 13.6. The first-order valence-electron chi connectivity index (χ1n) is 17.4. The highest BCUT2D eigenvalue weighted by atomic mass is 19.1. The maximum absolute atomic E-state index is 15.6. The van der Waals surface area contributed by atoms with Gasteiger partial charge in [-0.2, -0.15) is 0 Å². The van der Waals surface area contributed by atoms with Crippen LogP contribution in [0.3, 0.4) is 0 Å². The minimum Gasteiger partial charge on any atom is -0.384 e. The molecule has 1 saturated heterocycles. The lowest BCUT2D eigenvalue weighted by molar-refractivity contribution is -0.126. The molecule has 0 spiro atoms. The number of aromatic nitrogens is 4. The van der Waals surface area contributed by atoms with E-state index in [0.29, 0.717) is 74.8 Å². The molecule has 5 rings (SSSR count). The van der Waals surface area contributed by atoms with Crippen molar-refractivity contribution < 1.29 is 28.2 Å². The molecule has 0 bridgehead atoms. The minimum absolute atomic E-state index is 0.187. The third-order valence-corrected chi connectivity index (χ3v) is 8.81. The average molecular weight is 705 g/mol. The molecule has 0 aliphatic carbocycles. The number of carbonyl (C=O) groups excluding carboxylic acids is 2. The fourth-order valence-electron chi connectivity index (χ4n) is 5.85. The van der Waals surface area contributed by atoms with E-state index >= 15 is 4.39 Å². The van der Waals surface area contributed by atoms with E-state index in [-0.39, 0.29) is 30.2 Å². The molecule has 0 radical (unpaired) electrons. The van der Waals surface area contributed by atoms with Crippen molar-refractivity contribution in [2.24, 2.45) is 5.41 Å². The van der Waals surface area contributed by atoms with E-state index in [9.17, 15) is 9.59 Å². The number of ether oxygens (including phenoxy) is 3. The Kier molecular flexibility index (Phi) is 13.0. The molecule has 0 saturated carbocycles. The second kappa shape index (κ2) is 17.6. The van der Waals surface area contributed by atoms with Gasteiger partial charge in [-0.3, -0.25) is 14.3 Å².